The molecule has 2 fully saturated rings. The van der Waals surface area contributed by atoms with Gasteiger partial charge in [-0.15, -0.1) is 0 Å². The minimum Gasteiger partial charge on any atom is -0.394 e. The van der Waals surface area contributed by atoms with E-state index < -0.39 is 0 Å². The number of likely N-dealkylation sites (tertiary alicyclic amines) is 1. The molecule has 0 bridgehead atoms. The summed E-state index contributed by atoms with van der Waals surface area (Å²) < 4.78 is 11.8. The van der Waals surface area contributed by atoms with Gasteiger partial charge in [0.1, 0.15) is 0 Å². The molecule has 2 heterocycles. The summed E-state index contributed by atoms with van der Waals surface area (Å²) in [7, 11) is 1.83. The lowest BCUT2D eigenvalue weighted by Crippen LogP contribution is -2.51. The van der Waals surface area contributed by atoms with Crippen LogP contribution in [0, 0.1) is 0 Å². The summed E-state index contributed by atoms with van der Waals surface area (Å²) >= 11 is 0. The van der Waals surface area contributed by atoms with Crippen LogP contribution in [0.25, 0.3) is 0 Å². The largest absolute Gasteiger partial charge is 0.394 e. The molecule has 0 spiro atoms. The van der Waals surface area contributed by atoms with Crippen molar-refractivity contribution in [1.29, 1.82) is 0 Å². The Morgan fingerprint density at radius 1 is 1.36 bits per heavy atom. The Hall–Kier alpha value is -1.28. The van der Waals surface area contributed by atoms with Crippen molar-refractivity contribution >= 4 is 5.95 Å². The lowest BCUT2D eigenvalue weighted by atomic mass is 9.79. The number of fused-ring (bicyclic) bond motifs is 1. The van der Waals surface area contributed by atoms with Gasteiger partial charge in [-0.1, -0.05) is 0 Å². The van der Waals surface area contributed by atoms with E-state index in [1.54, 1.807) is 0 Å². The Bertz CT molecular complexity index is 542. The standard InChI is InChI=1S/C18H30N4O3/c1-3-19-17-20-11-14(12-21-17)13-22-7-6-18(24-2)5-4-15(10-16(18)22)25-9-8-23/h11-12,15-16,23H,3-10,13H2,1-2H3,(H,19,20,21)/t15-,16+,18-/m1/s1. The van der Waals surface area contributed by atoms with Gasteiger partial charge in [-0.25, -0.2) is 9.97 Å². The highest BCUT2D eigenvalue weighted by molar-refractivity contribution is 5.24. The summed E-state index contributed by atoms with van der Waals surface area (Å²) in [5.74, 6) is 0.675. The van der Waals surface area contributed by atoms with Crippen molar-refractivity contribution < 1.29 is 14.6 Å². The van der Waals surface area contributed by atoms with Crippen molar-refractivity contribution in [2.45, 2.75) is 56.9 Å². The number of anilines is 1. The third kappa shape index (κ3) is 4.11. The molecule has 1 aromatic rings. The number of ether oxygens (including phenoxy) is 2. The van der Waals surface area contributed by atoms with Gasteiger partial charge >= 0.3 is 0 Å². The number of hydrogen-bond acceptors (Lipinski definition) is 7. The molecule has 2 aliphatic rings. The van der Waals surface area contributed by atoms with E-state index in [2.05, 4.69) is 20.2 Å². The predicted octanol–water partition coefficient (Wildman–Crippen LogP) is 1.43. The molecule has 0 unspecified atom stereocenters. The summed E-state index contributed by atoms with van der Waals surface area (Å²) in [6.45, 7) is 5.19. The van der Waals surface area contributed by atoms with Gasteiger partial charge in [0.25, 0.3) is 0 Å². The smallest absolute Gasteiger partial charge is 0.222 e. The van der Waals surface area contributed by atoms with Crippen LogP contribution in [0.2, 0.25) is 0 Å². The highest BCUT2D eigenvalue weighted by Gasteiger charge is 2.51. The van der Waals surface area contributed by atoms with Gasteiger partial charge in [-0.3, -0.25) is 4.90 Å². The maximum Gasteiger partial charge on any atom is 0.222 e. The van der Waals surface area contributed by atoms with Crippen LogP contribution >= 0.6 is 0 Å². The summed E-state index contributed by atoms with van der Waals surface area (Å²) in [6.07, 6.45) is 8.02. The fourth-order valence-electron chi connectivity index (χ4n) is 4.24. The van der Waals surface area contributed by atoms with Gasteiger partial charge in [0.2, 0.25) is 5.95 Å². The average molecular weight is 350 g/mol. The third-order valence-electron chi connectivity index (χ3n) is 5.52. The highest BCUT2D eigenvalue weighted by atomic mass is 16.5. The Balaban J connectivity index is 1.66. The first-order valence-electron chi connectivity index (χ1n) is 9.27. The minimum absolute atomic E-state index is 0.0658. The number of nitrogens with zero attached hydrogens (tertiary/aromatic N) is 3. The van der Waals surface area contributed by atoms with Crippen LogP contribution in [0.1, 0.15) is 38.2 Å². The van der Waals surface area contributed by atoms with E-state index in [0.29, 0.717) is 18.6 Å². The van der Waals surface area contributed by atoms with Gasteiger partial charge in [0.15, 0.2) is 0 Å². The maximum absolute atomic E-state index is 9.01. The zero-order valence-corrected chi connectivity index (χ0v) is 15.3. The quantitative estimate of drug-likeness (QED) is 0.734. The number of rotatable bonds is 8. The maximum atomic E-state index is 9.01. The van der Waals surface area contributed by atoms with Crippen LogP contribution in [-0.2, 0) is 16.0 Å². The molecule has 25 heavy (non-hydrogen) atoms. The second-order valence-electron chi connectivity index (χ2n) is 6.94. The molecule has 1 aliphatic carbocycles. The number of hydrogen-bond donors (Lipinski definition) is 2. The van der Waals surface area contributed by atoms with E-state index in [4.69, 9.17) is 14.6 Å². The van der Waals surface area contributed by atoms with Crippen LogP contribution < -0.4 is 5.32 Å². The van der Waals surface area contributed by atoms with Crippen LogP contribution in [0.4, 0.5) is 5.95 Å². The predicted molar refractivity (Wildman–Crippen MR) is 95.4 cm³/mol. The van der Waals surface area contributed by atoms with E-state index in [1.807, 2.05) is 26.4 Å². The van der Waals surface area contributed by atoms with E-state index in [1.165, 1.54) is 0 Å². The molecule has 0 radical (unpaired) electrons. The number of aliphatic hydroxyl groups excluding tert-OH is 1. The first kappa shape index (κ1) is 18.5. The molecule has 7 heteroatoms. The molecule has 1 saturated heterocycles. The molecule has 3 rings (SSSR count). The SMILES string of the molecule is CCNc1ncc(CN2CC[C@]3(OC)CC[C@@H](OCCO)C[C@H]23)cn1. The molecule has 1 aliphatic heterocycles. The van der Waals surface area contributed by atoms with E-state index in [9.17, 15) is 0 Å². The monoisotopic (exact) mass is 350 g/mol. The topological polar surface area (TPSA) is 79.7 Å². The first-order valence-corrected chi connectivity index (χ1v) is 9.27. The van der Waals surface area contributed by atoms with E-state index in [-0.39, 0.29) is 18.3 Å². The third-order valence-corrected chi connectivity index (χ3v) is 5.52. The summed E-state index contributed by atoms with van der Waals surface area (Å²) in [4.78, 5) is 11.2. The van der Waals surface area contributed by atoms with Gasteiger partial charge in [-0.2, -0.15) is 0 Å². The number of methoxy groups -OCH3 is 1. The van der Waals surface area contributed by atoms with Crippen molar-refractivity contribution in [3.05, 3.63) is 18.0 Å². The van der Waals surface area contributed by atoms with Crippen molar-refractivity contribution in [2.75, 3.05) is 38.7 Å². The Kier molecular flexibility index (Phi) is 6.22. The van der Waals surface area contributed by atoms with Crippen LogP contribution in [0.3, 0.4) is 0 Å². The Morgan fingerprint density at radius 3 is 2.84 bits per heavy atom. The van der Waals surface area contributed by atoms with Crippen LogP contribution in [0.5, 0.6) is 0 Å². The average Bonchev–Trinajstić information content (AvgIpc) is 3.00. The highest BCUT2D eigenvalue weighted by Crippen LogP contribution is 2.43. The lowest BCUT2D eigenvalue weighted by Gasteiger charge is -2.43. The fraction of sp³-hybridized carbons (Fsp3) is 0.778. The van der Waals surface area contributed by atoms with Gasteiger partial charge in [-0.05, 0) is 32.6 Å². The molecular formula is C18H30N4O3. The molecular weight excluding hydrogens is 320 g/mol. The van der Waals surface area contributed by atoms with E-state index in [0.717, 1.165) is 50.9 Å². The van der Waals surface area contributed by atoms with Crippen LogP contribution in [-0.4, -0.2) is 71.1 Å². The zero-order chi connectivity index (χ0) is 17.7. The number of aromatic nitrogens is 2. The van der Waals surface area contributed by atoms with Gasteiger partial charge in [0.05, 0.1) is 24.9 Å². The van der Waals surface area contributed by atoms with Gasteiger partial charge in [0, 0.05) is 50.7 Å². The van der Waals surface area contributed by atoms with E-state index >= 15 is 0 Å². The Morgan fingerprint density at radius 2 is 2.16 bits per heavy atom. The van der Waals surface area contributed by atoms with Crippen molar-refractivity contribution in [2.24, 2.45) is 0 Å². The molecule has 1 saturated carbocycles. The van der Waals surface area contributed by atoms with Gasteiger partial charge < -0.3 is 19.9 Å². The fourth-order valence-corrected chi connectivity index (χ4v) is 4.24. The normalized spacial score (nSPS) is 29.6. The first-order chi connectivity index (χ1) is 12.2. The van der Waals surface area contributed by atoms with Crippen LogP contribution in [0.15, 0.2) is 12.4 Å². The van der Waals surface area contributed by atoms with Crippen molar-refractivity contribution in [3.8, 4) is 0 Å². The van der Waals surface area contributed by atoms with Crippen molar-refractivity contribution in [3.63, 3.8) is 0 Å². The molecule has 0 amide bonds. The Labute approximate surface area is 149 Å². The summed E-state index contributed by atoms with van der Waals surface area (Å²) in [5, 5.41) is 12.1. The minimum atomic E-state index is -0.0658. The number of nitrogens with one attached hydrogen (secondary N) is 1. The molecule has 0 aromatic carbocycles. The molecule has 140 valence electrons. The van der Waals surface area contributed by atoms with Crippen molar-refractivity contribution in [1.82, 2.24) is 14.9 Å². The summed E-state index contributed by atoms with van der Waals surface area (Å²) in [6, 6.07) is 0.336. The lowest BCUT2D eigenvalue weighted by molar-refractivity contribution is -0.104. The molecule has 2 N–H and O–H groups in total. The molecule has 1 aromatic heterocycles. The second kappa shape index (κ2) is 8.40. The zero-order valence-electron chi connectivity index (χ0n) is 15.3. The summed E-state index contributed by atoms with van der Waals surface area (Å²) in [5.41, 5.74) is 1.05. The molecule has 7 nitrogen and oxygen atoms in total. The molecule has 3 atom stereocenters. The second-order valence-corrected chi connectivity index (χ2v) is 6.94. The number of aliphatic hydroxyl groups is 1.